The molecule has 29 heavy (non-hydrogen) atoms. The first kappa shape index (κ1) is 22.2. The summed E-state index contributed by atoms with van der Waals surface area (Å²) in [5.74, 6) is -1.11. The van der Waals surface area contributed by atoms with Crippen LogP contribution in [0.2, 0.25) is 0 Å². The van der Waals surface area contributed by atoms with Crippen molar-refractivity contribution in [1.82, 2.24) is 10.2 Å². The highest BCUT2D eigenvalue weighted by Crippen LogP contribution is 2.15. The van der Waals surface area contributed by atoms with E-state index in [1.54, 1.807) is 24.3 Å². The number of amides is 3. The Hall–Kier alpha value is -3.10. The summed E-state index contributed by atoms with van der Waals surface area (Å²) in [6, 6.07) is 6.04. The van der Waals surface area contributed by atoms with Crippen LogP contribution in [-0.4, -0.2) is 60.9 Å². The molecule has 1 aromatic carbocycles. The molecule has 1 heterocycles. The predicted molar refractivity (Wildman–Crippen MR) is 108 cm³/mol. The van der Waals surface area contributed by atoms with E-state index in [9.17, 15) is 19.2 Å². The Bertz CT molecular complexity index is 748. The molecule has 3 N–H and O–H groups in total. The molecule has 1 aliphatic rings. The second-order valence-corrected chi connectivity index (χ2v) is 7.29. The first-order valence-corrected chi connectivity index (χ1v) is 9.60. The minimum atomic E-state index is -0.875. The van der Waals surface area contributed by atoms with Crippen LogP contribution in [0.1, 0.15) is 27.2 Å². The molecule has 1 fully saturated rings. The van der Waals surface area contributed by atoms with Gasteiger partial charge in [-0.15, -0.1) is 0 Å². The molecule has 1 aliphatic heterocycles. The Labute approximate surface area is 170 Å². The smallest absolute Gasteiger partial charge is 0.308 e. The van der Waals surface area contributed by atoms with E-state index in [4.69, 9.17) is 4.74 Å². The number of nitrogens with one attached hydrogen (secondary N) is 3. The van der Waals surface area contributed by atoms with Crippen molar-refractivity contribution < 1.29 is 23.9 Å². The monoisotopic (exact) mass is 404 g/mol. The SMILES string of the molecule is CC(=O)Nc1ccc(NCC(=O)N2CCNC(=O)C2CC(=O)OCC(C)C)cc1. The van der Waals surface area contributed by atoms with Gasteiger partial charge in [0.2, 0.25) is 17.7 Å². The molecule has 9 heteroatoms. The van der Waals surface area contributed by atoms with Crippen molar-refractivity contribution in [3.05, 3.63) is 24.3 Å². The maximum Gasteiger partial charge on any atom is 0.308 e. The Balaban J connectivity index is 1.93. The van der Waals surface area contributed by atoms with Crippen molar-refractivity contribution in [2.45, 2.75) is 33.2 Å². The van der Waals surface area contributed by atoms with Gasteiger partial charge in [0.1, 0.15) is 6.04 Å². The van der Waals surface area contributed by atoms with Crippen LogP contribution in [0.4, 0.5) is 11.4 Å². The molecule has 0 aliphatic carbocycles. The number of ether oxygens (including phenoxy) is 1. The molecular weight excluding hydrogens is 376 g/mol. The van der Waals surface area contributed by atoms with Gasteiger partial charge in [-0.3, -0.25) is 19.2 Å². The van der Waals surface area contributed by atoms with Crippen molar-refractivity contribution in [2.75, 3.05) is 36.9 Å². The van der Waals surface area contributed by atoms with Gasteiger partial charge in [0.05, 0.1) is 19.6 Å². The minimum Gasteiger partial charge on any atom is -0.465 e. The van der Waals surface area contributed by atoms with Gasteiger partial charge in [-0.05, 0) is 30.2 Å². The molecule has 1 atom stereocenters. The lowest BCUT2D eigenvalue weighted by Gasteiger charge is -2.34. The van der Waals surface area contributed by atoms with Crippen LogP contribution in [0, 0.1) is 5.92 Å². The fourth-order valence-corrected chi connectivity index (χ4v) is 2.85. The molecule has 3 amide bonds. The number of benzene rings is 1. The van der Waals surface area contributed by atoms with Gasteiger partial charge in [-0.2, -0.15) is 0 Å². The van der Waals surface area contributed by atoms with E-state index >= 15 is 0 Å². The molecule has 158 valence electrons. The number of nitrogens with zero attached hydrogens (tertiary/aromatic N) is 1. The minimum absolute atomic E-state index is 0.0235. The van der Waals surface area contributed by atoms with Crippen LogP contribution in [0.25, 0.3) is 0 Å². The number of anilines is 2. The van der Waals surface area contributed by atoms with Gasteiger partial charge in [0.15, 0.2) is 0 Å². The number of esters is 1. The lowest BCUT2D eigenvalue weighted by Crippen LogP contribution is -2.58. The van der Waals surface area contributed by atoms with E-state index < -0.39 is 12.0 Å². The van der Waals surface area contributed by atoms with Gasteiger partial charge in [0.25, 0.3) is 0 Å². The topological polar surface area (TPSA) is 117 Å². The largest absolute Gasteiger partial charge is 0.465 e. The number of carbonyl (C=O) groups excluding carboxylic acids is 4. The average Bonchev–Trinajstić information content (AvgIpc) is 2.66. The number of hydrogen-bond donors (Lipinski definition) is 3. The predicted octanol–water partition coefficient (Wildman–Crippen LogP) is 0.973. The van der Waals surface area contributed by atoms with E-state index in [0.717, 1.165) is 0 Å². The highest BCUT2D eigenvalue weighted by molar-refractivity contribution is 5.93. The summed E-state index contributed by atoms with van der Waals surface area (Å²) in [6.45, 7) is 6.19. The van der Waals surface area contributed by atoms with Crippen molar-refractivity contribution in [3.8, 4) is 0 Å². The van der Waals surface area contributed by atoms with E-state index in [-0.39, 0.29) is 43.2 Å². The fourth-order valence-electron chi connectivity index (χ4n) is 2.85. The summed E-state index contributed by atoms with van der Waals surface area (Å²) >= 11 is 0. The molecule has 0 aromatic heterocycles. The van der Waals surface area contributed by atoms with E-state index in [0.29, 0.717) is 24.5 Å². The maximum absolute atomic E-state index is 12.7. The fraction of sp³-hybridized carbons (Fsp3) is 0.500. The summed E-state index contributed by atoms with van der Waals surface area (Å²) in [7, 11) is 0. The molecule has 1 aromatic rings. The van der Waals surface area contributed by atoms with Crippen molar-refractivity contribution >= 4 is 35.1 Å². The number of piperazine rings is 1. The van der Waals surface area contributed by atoms with Gasteiger partial charge in [-0.1, -0.05) is 13.8 Å². The van der Waals surface area contributed by atoms with E-state index in [1.165, 1.54) is 11.8 Å². The van der Waals surface area contributed by atoms with Gasteiger partial charge in [0, 0.05) is 31.4 Å². The van der Waals surface area contributed by atoms with E-state index in [2.05, 4.69) is 16.0 Å². The molecule has 9 nitrogen and oxygen atoms in total. The van der Waals surface area contributed by atoms with Crippen LogP contribution in [-0.2, 0) is 23.9 Å². The molecule has 1 saturated heterocycles. The van der Waals surface area contributed by atoms with Crippen molar-refractivity contribution in [3.63, 3.8) is 0 Å². The first-order chi connectivity index (χ1) is 13.8. The molecule has 0 bridgehead atoms. The van der Waals surface area contributed by atoms with Gasteiger partial charge >= 0.3 is 5.97 Å². The summed E-state index contributed by atoms with van der Waals surface area (Å²) < 4.78 is 5.15. The van der Waals surface area contributed by atoms with Crippen LogP contribution in [0.3, 0.4) is 0 Å². The van der Waals surface area contributed by atoms with E-state index in [1.807, 2.05) is 13.8 Å². The molecule has 2 rings (SSSR count). The molecule has 0 spiro atoms. The number of rotatable bonds is 8. The second kappa shape index (κ2) is 10.4. The standard InChI is InChI=1S/C20H28N4O5/c1-13(2)12-29-19(27)10-17-20(28)21-8-9-24(17)18(26)11-22-15-4-6-16(7-5-15)23-14(3)25/h4-7,13,17,22H,8-12H2,1-3H3,(H,21,28)(H,23,25). The third kappa shape index (κ3) is 7.10. The number of hydrogen-bond acceptors (Lipinski definition) is 6. The average molecular weight is 404 g/mol. The van der Waals surface area contributed by atoms with Crippen molar-refractivity contribution in [2.24, 2.45) is 5.92 Å². The summed E-state index contributed by atoms with van der Waals surface area (Å²) in [4.78, 5) is 49.4. The maximum atomic E-state index is 12.7. The zero-order chi connectivity index (χ0) is 21.4. The lowest BCUT2D eigenvalue weighted by atomic mass is 10.1. The van der Waals surface area contributed by atoms with Crippen LogP contribution < -0.4 is 16.0 Å². The summed E-state index contributed by atoms with van der Waals surface area (Å²) in [5.41, 5.74) is 1.35. The quantitative estimate of drug-likeness (QED) is 0.556. The third-order valence-corrected chi connectivity index (χ3v) is 4.24. The summed E-state index contributed by atoms with van der Waals surface area (Å²) in [6.07, 6.45) is -0.171. The Kier molecular flexibility index (Phi) is 7.99. The zero-order valence-corrected chi connectivity index (χ0v) is 17.0. The first-order valence-electron chi connectivity index (χ1n) is 9.60. The summed E-state index contributed by atoms with van der Waals surface area (Å²) in [5, 5.41) is 8.35. The van der Waals surface area contributed by atoms with Crippen LogP contribution in [0.5, 0.6) is 0 Å². The normalized spacial score (nSPS) is 16.2. The number of carbonyl (C=O) groups is 4. The lowest BCUT2D eigenvalue weighted by molar-refractivity contribution is -0.152. The highest BCUT2D eigenvalue weighted by Gasteiger charge is 2.34. The highest BCUT2D eigenvalue weighted by atomic mass is 16.5. The second-order valence-electron chi connectivity index (χ2n) is 7.29. The Morgan fingerprint density at radius 2 is 1.86 bits per heavy atom. The Morgan fingerprint density at radius 1 is 1.21 bits per heavy atom. The van der Waals surface area contributed by atoms with Crippen molar-refractivity contribution in [1.29, 1.82) is 0 Å². The van der Waals surface area contributed by atoms with Crippen LogP contribution >= 0.6 is 0 Å². The van der Waals surface area contributed by atoms with Gasteiger partial charge < -0.3 is 25.6 Å². The van der Waals surface area contributed by atoms with Gasteiger partial charge in [-0.25, -0.2) is 0 Å². The molecule has 0 radical (unpaired) electrons. The Morgan fingerprint density at radius 3 is 2.48 bits per heavy atom. The molecule has 0 saturated carbocycles. The van der Waals surface area contributed by atoms with Crippen LogP contribution in [0.15, 0.2) is 24.3 Å². The zero-order valence-electron chi connectivity index (χ0n) is 17.0. The third-order valence-electron chi connectivity index (χ3n) is 4.24. The molecule has 1 unspecified atom stereocenters. The molecular formula is C20H28N4O5.